The van der Waals surface area contributed by atoms with Crippen molar-refractivity contribution in [2.45, 2.75) is 63.8 Å². The number of amides is 1. The molecule has 5 heteroatoms. The Balaban J connectivity index is 0.00000280. The average molecular weight is 408 g/mol. The summed E-state index contributed by atoms with van der Waals surface area (Å²) in [6.45, 7) is 11.9. The van der Waals surface area contributed by atoms with Gasteiger partial charge in [0.1, 0.15) is 0 Å². The lowest BCUT2D eigenvalue weighted by molar-refractivity contribution is 0.0138. The van der Waals surface area contributed by atoms with Crippen molar-refractivity contribution < 1.29 is 4.79 Å². The predicted octanol–water partition coefficient (Wildman–Crippen LogP) is 4.09. The van der Waals surface area contributed by atoms with Gasteiger partial charge in [0.15, 0.2) is 0 Å². The first kappa shape index (κ1) is 23.2. The second kappa shape index (κ2) is 9.60. The first-order chi connectivity index (χ1) is 12.8. The highest BCUT2D eigenvalue weighted by molar-refractivity contribution is 5.94. The molecule has 0 atom stereocenters. The highest BCUT2D eigenvalue weighted by Crippen LogP contribution is 2.34. The van der Waals surface area contributed by atoms with Gasteiger partial charge in [0, 0.05) is 43.8 Å². The van der Waals surface area contributed by atoms with Crippen LogP contribution in [-0.4, -0.2) is 61.0 Å². The number of hydrogen-bond donors (Lipinski definition) is 1. The minimum Gasteiger partial charge on any atom is -0.350 e. The van der Waals surface area contributed by atoms with Crippen molar-refractivity contribution in [2.24, 2.45) is 0 Å². The standard InChI is InChI=1S/C23H37N3O.ClH/c1-22(2,3)20-10-8-19(9-11-20)21(27)24-18-23(12-6-5-7-13-23)26-16-14-25(4)15-17-26;/h8-11H,5-7,12-18H2,1-4H3,(H,24,27);1H. The molecule has 1 amide bonds. The SMILES string of the molecule is CN1CCN(C2(CNC(=O)c3ccc(C(C)(C)C)cc3)CCCCC2)CC1.Cl. The number of rotatable bonds is 4. The van der Waals surface area contributed by atoms with Crippen LogP contribution in [0.3, 0.4) is 0 Å². The van der Waals surface area contributed by atoms with Crippen molar-refractivity contribution >= 4 is 18.3 Å². The molecule has 3 rings (SSSR count). The van der Waals surface area contributed by atoms with Gasteiger partial charge in [0.05, 0.1) is 0 Å². The molecule has 0 unspecified atom stereocenters. The highest BCUT2D eigenvalue weighted by atomic mass is 35.5. The van der Waals surface area contributed by atoms with Crippen molar-refractivity contribution in [1.29, 1.82) is 0 Å². The van der Waals surface area contributed by atoms with E-state index in [-0.39, 0.29) is 29.3 Å². The first-order valence-corrected chi connectivity index (χ1v) is 10.6. The van der Waals surface area contributed by atoms with Crippen molar-refractivity contribution in [3.05, 3.63) is 35.4 Å². The molecule has 0 spiro atoms. The molecule has 158 valence electrons. The number of nitrogens with zero attached hydrogens (tertiary/aromatic N) is 2. The van der Waals surface area contributed by atoms with Gasteiger partial charge in [-0.25, -0.2) is 0 Å². The molecule has 1 N–H and O–H groups in total. The lowest BCUT2D eigenvalue weighted by Crippen LogP contribution is -2.61. The second-order valence-corrected chi connectivity index (χ2v) is 9.59. The van der Waals surface area contributed by atoms with Crippen LogP contribution in [0.25, 0.3) is 0 Å². The van der Waals surface area contributed by atoms with Crippen LogP contribution in [0.2, 0.25) is 0 Å². The monoisotopic (exact) mass is 407 g/mol. The summed E-state index contributed by atoms with van der Waals surface area (Å²) in [7, 11) is 2.20. The maximum absolute atomic E-state index is 12.8. The average Bonchev–Trinajstić information content (AvgIpc) is 2.67. The molecular formula is C23H38ClN3O. The predicted molar refractivity (Wildman–Crippen MR) is 120 cm³/mol. The molecule has 4 nitrogen and oxygen atoms in total. The van der Waals surface area contributed by atoms with E-state index in [9.17, 15) is 4.79 Å². The number of likely N-dealkylation sites (N-methyl/N-ethyl adjacent to an activating group) is 1. The van der Waals surface area contributed by atoms with E-state index in [2.05, 4.69) is 55.1 Å². The van der Waals surface area contributed by atoms with E-state index in [0.717, 1.165) is 38.3 Å². The van der Waals surface area contributed by atoms with Crippen LogP contribution in [0.4, 0.5) is 0 Å². The molecule has 0 radical (unpaired) electrons. The number of benzene rings is 1. The number of halogens is 1. The van der Waals surface area contributed by atoms with Crippen molar-refractivity contribution in [3.63, 3.8) is 0 Å². The Hall–Kier alpha value is -1.10. The van der Waals surface area contributed by atoms with Crippen LogP contribution in [0.15, 0.2) is 24.3 Å². The van der Waals surface area contributed by atoms with E-state index < -0.39 is 0 Å². The van der Waals surface area contributed by atoms with E-state index in [4.69, 9.17) is 0 Å². The van der Waals surface area contributed by atoms with Gasteiger partial charge in [-0.2, -0.15) is 0 Å². The van der Waals surface area contributed by atoms with E-state index in [0.29, 0.717) is 0 Å². The van der Waals surface area contributed by atoms with E-state index >= 15 is 0 Å². The third-order valence-electron chi connectivity index (χ3n) is 6.55. The van der Waals surface area contributed by atoms with E-state index in [1.165, 1.54) is 37.7 Å². The molecule has 1 aromatic rings. The second-order valence-electron chi connectivity index (χ2n) is 9.59. The van der Waals surface area contributed by atoms with E-state index in [1.54, 1.807) is 0 Å². The molecule has 2 aliphatic rings. The first-order valence-electron chi connectivity index (χ1n) is 10.6. The Bertz CT molecular complexity index is 624. The Morgan fingerprint density at radius 1 is 1.00 bits per heavy atom. The minimum atomic E-state index is 0. The summed E-state index contributed by atoms with van der Waals surface area (Å²) in [5.74, 6) is 0.0644. The van der Waals surface area contributed by atoms with Gasteiger partial charge in [-0.15, -0.1) is 12.4 Å². The summed E-state index contributed by atoms with van der Waals surface area (Å²) in [4.78, 5) is 17.9. The van der Waals surface area contributed by atoms with Crippen LogP contribution >= 0.6 is 12.4 Å². The summed E-state index contributed by atoms with van der Waals surface area (Å²) in [5.41, 5.74) is 2.30. The van der Waals surface area contributed by atoms with Crippen LogP contribution in [0.1, 0.15) is 68.8 Å². The Morgan fingerprint density at radius 3 is 2.11 bits per heavy atom. The molecule has 2 fully saturated rings. The normalized spacial score (nSPS) is 21.0. The fourth-order valence-electron chi connectivity index (χ4n) is 4.56. The van der Waals surface area contributed by atoms with E-state index in [1.807, 2.05) is 12.1 Å². The lowest BCUT2D eigenvalue weighted by atomic mass is 9.79. The third-order valence-corrected chi connectivity index (χ3v) is 6.55. The zero-order valence-electron chi connectivity index (χ0n) is 18.1. The lowest BCUT2D eigenvalue weighted by Gasteiger charge is -2.49. The van der Waals surface area contributed by atoms with Gasteiger partial charge >= 0.3 is 0 Å². The van der Waals surface area contributed by atoms with Crippen molar-refractivity contribution in [2.75, 3.05) is 39.8 Å². The number of piperazine rings is 1. The summed E-state index contributed by atoms with van der Waals surface area (Å²) in [6, 6.07) is 8.12. The Morgan fingerprint density at radius 2 is 1.57 bits per heavy atom. The largest absolute Gasteiger partial charge is 0.350 e. The van der Waals surface area contributed by atoms with Gasteiger partial charge in [0.2, 0.25) is 0 Å². The molecule has 0 aromatic heterocycles. The topological polar surface area (TPSA) is 35.6 Å². The number of hydrogen-bond acceptors (Lipinski definition) is 3. The molecule has 1 aliphatic carbocycles. The summed E-state index contributed by atoms with van der Waals surface area (Å²) >= 11 is 0. The molecule has 1 aromatic carbocycles. The molecule has 1 saturated heterocycles. The molecule has 28 heavy (non-hydrogen) atoms. The van der Waals surface area contributed by atoms with Crippen molar-refractivity contribution in [1.82, 2.24) is 15.1 Å². The van der Waals surface area contributed by atoms with Crippen LogP contribution < -0.4 is 5.32 Å². The fourth-order valence-corrected chi connectivity index (χ4v) is 4.56. The third kappa shape index (κ3) is 5.49. The maximum Gasteiger partial charge on any atom is 0.251 e. The quantitative estimate of drug-likeness (QED) is 0.816. The summed E-state index contributed by atoms with van der Waals surface area (Å²) < 4.78 is 0. The van der Waals surface area contributed by atoms with Gasteiger partial charge in [0.25, 0.3) is 5.91 Å². The molecule has 1 aliphatic heterocycles. The highest BCUT2D eigenvalue weighted by Gasteiger charge is 2.39. The maximum atomic E-state index is 12.8. The van der Waals surface area contributed by atoms with Gasteiger partial charge in [-0.05, 0) is 43.0 Å². The van der Waals surface area contributed by atoms with Crippen LogP contribution in [0, 0.1) is 0 Å². The molecule has 1 saturated carbocycles. The smallest absolute Gasteiger partial charge is 0.251 e. The number of carbonyl (C=O) groups is 1. The Labute approximate surface area is 177 Å². The number of nitrogens with one attached hydrogen (secondary N) is 1. The molecule has 0 bridgehead atoms. The van der Waals surface area contributed by atoms with Gasteiger partial charge in [-0.1, -0.05) is 52.2 Å². The van der Waals surface area contributed by atoms with Crippen LogP contribution in [-0.2, 0) is 5.41 Å². The van der Waals surface area contributed by atoms with Gasteiger partial charge < -0.3 is 10.2 Å². The fraction of sp³-hybridized carbons (Fsp3) is 0.696. The minimum absolute atomic E-state index is 0. The zero-order chi connectivity index (χ0) is 19.5. The summed E-state index contributed by atoms with van der Waals surface area (Å²) in [5, 5.41) is 3.28. The summed E-state index contributed by atoms with van der Waals surface area (Å²) in [6.07, 6.45) is 6.31. The Kier molecular flexibility index (Phi) is 7.95. The molecule has 1 heterocycles. The zero-order valence-corrected chi connectivity index (χ0v) is 18.9. The van der Waals surface area contributed by atoms with Crippen molar-refractivity contribution in [3.8, 4) is 0 Å². The van der Waals surface area contributed by atoms with Gasteiger partial charge in [-0.3, -0.25) is 9.69 Å². The van der Waals surface area contributed by atoms with Crippen LogP contribution in [0.5, 0.6) is 0 Å². The molecular weight excluding hydrogens is 370 g/mol. The number of carbonyl (C=O) groups excluding carboxylic acids is 1.